The van der Waals surface area contributed by atoms with Crippen molar-refractivity contribution in [3.8, 4) is 11.3 Å². The number of aryl methyl sites for hydroxylation is 1. The maximum atomic E-state index is 12.1. The lowest BCUT2D eigenvalue weighted by atomic mass is 10.0. The lowest BCUT2D eigenvalue weighted by Crippen LogP contribution is -2.46. The summed E-state index contributed by atoms with van der Waals surface area (Å²) in [5.74, 6) is 0. The van der Waals surface area contributed by atoms with Gasteiger partial charge >= 0.3 is 6.09 Å². The van der Waals surface area contributed by atoms with Gasteiger partial charge in [-0.05, 0) is 26.5 Å². The predicted octanol–water partition coefficient (Wildman–Crippen LogP) is 2.20. The molecule has 1 aliphatic rings. The van der Waals surface area contributed by atoms with Gasteiger partial charge in [-0.2, -0.15) is 9.78 Å². The number of rotatable bonds is 7. The maximum absolute atomic E-state index is 12.1. The molecule has 152 valence electrons. The molecule has 1 aromatic carbocycles. The van der Waals surface area contributed by atoms with Crippen LogP contribution in [0.25, 0.3) is 11.3 Å². The molecule has 1 fully saturated rings. The van der Waals surface area contributed by atoms with Gasteiger partial charge in [0.1, 0.15) is 0 Å². The Morgan fingerprint density at radius 2 is 1.96 bits per heavy atom. The van der Waals surface area contributed by atoms with E-state index in [9.17, 15) is 4.79 Å². The van der Waals surface area contributed by atoms with E-state index in [4.69, 9.17) is 4.74 Å². The van der Waals surface area contributed by atoms with Crippen LogP contribution in [0.4, 0.5) is 4.79 Å². The van der Waals surface area contributed by atoms with Crippen LogP contribution in [0.5, 0.6) is 0 Å². The van der Waals surface area contributed by atoms with E-state index >= 15 is 0 Å². The molecule has 1 aliphatic heterocycles. The van der Waals surface area contributed by atoms with E-state index in [0.29, 0.717) is 13.2 Å². The summed E-state index contributed by atoms with van der Waals surface area (Å²) in [6, 6.07) is 8.11. The van der Waals surface area contributed by atoms with Gasteiger partial charge in [-0.25, -0.2) is 4.79 Å². The minimum absolute atomic E-state index is 0.330. The molecule has 2 heterocycles. The highest BCUT2D eigenvalue weighted by Crippen LogP contribution is 2.25. The van der Waals surface area contributed by atoms with E-state index in [0.717, 1.165) is 61.7 Å². The summed E-state index contributed by atoms with van der Waals surface area (Å²) >= 11 is 0. The molecule has 0 unspecified atom stereocenters. The van der Waals surface area contributed by atoms with Crippen LogP contribution < -0.4 is 5.32 Å². The van der Waals surface area contributed by atoms with E-state index in [1.54, 1.807) is 13.1 Å². The smallest absolute Gasteiger partial charge is 0.434 e. The van der Waals surface area contributed by atoms with Gasteiger partial charge in [0.25, 0.3) is 0 Å². The molecule has 3 rings (SSSR count). The lowest BCUT2D eigenvalue weighted by Gasteiger charge is -2.32. The highest BCUT2D eigenvalue weighted by Gasteiger charge is 2.17. The van der Waals surface area contributed by atoms with Crippen LogP contribution in [0.1, 0.15) is 18.1 Å². The van der Waals surface area contributed by atoms with E-state index in [1.165, 1.54) is 4.68 Å². The van der Waals surface area contributed by atoms with Gasteiger partial charge in [-0.15, -0.1) is 0 Å². The Kier molecular flexibility index (Phi) is 7.19. The molecule has 7 heteroatoms. The molecule has 0 aliphatic carbocycles. The number of likely N-dealkylation sites (N-methyl/N-ethyl adjacent to an activating group) is 1. The van der Waals surface area contributed by atoms with Crippen molar-refractivity contribution in [3.63, 3.8) is 0 Å². The fourth-order valence-electron chi connectivity index (χ4n) is 3.42. The van der Waals surface area contributed by atoms with Crippen LogP contribution in [0.15, 0.2) is 30.5 Å². The number of nitrogens with zero attached hydrogens (tertiary/aromatic N) is 4. The average Bonchev–Trinajstić information content (AvgIpc) is 3.11. The van der Waals surface area contributed by atoms with Gasteiger partial charge in [0.2, 0.25) is 0 Å². The summed E-state index contributed by atoms with van der Waals surface area (Å²) in [6.07, 6.45) is 1.34. The van der Waals surface area contributed by atoms with Crippen molar-refractivity contribution in [1.82, 2.24) is 24.9 Å². The van der Waals surface area contributed by atoms with Gasteiger partial charge in [0.15, 0.2) is 0 Å². The minimum Gasteiger partial charge on any atom is -0.448 e. The standard InChI is InChI=1S/C21H31N5O2/c1-4-28-21(27)26-16-18(20(23-26)19-8-6-5-7-17(19)2)15-22-9-10-25-13-11-24(3)12-14-25/h5-8,16,22H,4,9-15H2,1-3H3. The summed E-state index contributed by atoms with van der Waals surface area (Å²) < 4.78 is 6.41. The molecular weight excluding hydrogens is 354 g/mol. The van der Waals surface area contributed by atoms with Gasteiger partial charge < -0.3 is 15.0 Å². The van der Waals surface area contributed by atoms with Gasteiger partial charge in [-0.1, -0.05) is 24.3 Å². The summed E-state index contributed by atoms with van der Waals surface area (Å²) in [5.41, 5.74) is 4.01. The molecule has 0 amide bonds. The molecule has 7 nitrogen and oxygen atoms in total. The van der Waals surface area contributed by atoms with E-state index < -0.39 is 6.09 Å². The van der Waals surface area contributed by atoms with Gasteiger partial charge in [-0.3, -0.25) is 4.90 Å². The van der Waals surface area contributed by atoms with Gasteiger partial charge in [0, 0.05) is 63.1 Å². The van der Waals surface area contributed by atoms with Crippen molar-refractivity contribution in [2.24, 2.45) is 0 Å². The molecular formula is C21H31N5O2. The fraction of sp³-hybridized carbons (Fsp3) is 0.524. The van der Waals surface area contributed by atoms with Crippen LogP contribution in [-0.2, 0) is 11.3 Å². The second kappa shape index (κ2) is 9.82. The molecule has 1 N–H and O–H groups in total. The number of nitrogens with one attached hydrogen (secondary N) is 1. The highest BCUT2D eigenvalue weighted by molar-refractivity contribution is 5.73. The number of hydrogen-bond donors (Lipinski definition) is 1. The monoisotopic (exact) mass is 385 g/mol. The Hall–Kier alpha value is -2.22. The zero-order valence-corrected chi connectivity index (χ0v) is 17.1. The molecule has 0 spiro atoms. The van der Waals surface area contributed by atoms with Crippen LogP contribution in [0, 0.1) is 6.92 Å². The quantitative estimate of drug-likeness (QED) is 0.738. The SMILES string of the molecule is CCOC(=O)n1cc(CNCCN2CCN(C)CC2)c(-c2ccccc2C)n1. The Balaban J connectivity index is 1.66. The number of carbonyl (C=O) groups excluding carboxylic acids is 1. The number of benzene rings is 1. The molecule has 1 aromatic heterocycles. The fourth-order valence-corrected chi connectivity index (χ4v) is 3.42. The van der Waals surface area contributed by atoms with Crippen molar-refractivity contribution in [3.05, 3.63) is 41.6 Å². The molecule has 1 saturated heterocycles. The molecule has 28 heavy (non-hydrogen) atoms. The first-order chi connectivity index (χ1) is 13.6. The van der Waals surface area contributed by atoms with Crippen molar-refractivity contribution in [2.75, 3.05) is 52.9 Å². The normalized spacial score (nSPS) is 15.7. The van der Waals surface area contributed by atoms with Crippen molar-refractivity contribution < 1.29 is 9.53 Å². The number of ether oxygens (including phenoxy) is 1. The first-order valence-corrected chi connectivity index (χ1v) is 10.0. The second-order valence-electron chi connectivity index (χ2n) is 7.28. The molecule has 0 radical (unpaired) electrons. The average molecular weight is 386 g/mol. The van der Waals surface area contributed by atoms with Crippen LogP contribution in [-0.4, -0.2) is 78.6 Å². The summed E-state index contributed by atoms with van der Waals surface area (Å²) in [6.45, 7) is 11.3. The number of carbonyl (C=O) groups is 1. The van der Waals surface area contributed by atoms with E-state index in [1.807, 2.05) is 18.2 Å². The number of hydrogen-bond acceptors (Lipinski definition) is 6. The lowest BCUT2D eigenvalue weighted by molar-refractivity contribution is 0.150. The summed E-state index contributed by atoms with van der Waals surface area (Å²) in [5, 5.41) is 8.04. The van der Waals surface area contributed by atoms with Crippen LogP contribution in [0.2, 0.25) is 0 Å². The van der Waals surface area contributed by atoms with Crippen molar-refractivity contribution in [1.29, 1.82) is 0 Å². The molecule has 2 aromatic rings. The topological polar surface area (TPSA) is 62.6 Å². The Bertz CT molecular complexity index is 781. The third-order valence-electron chi connectivity index (χ3n) is 5.16. The zero-order chi connectivity index (χ0) is 19.9. The third kappa shape index (κ3) is 5.19. The Morgan fingerprint density at radius 1 is 1.21 bits per heavy atom. The first kappa shape index (κ1) is 20.5. The van der Waals surface area contributed by atoms with E-state index in [2.05, 4.69) is 40.3 Å². The Labute approximate surface area is 167 Å². The van der Waals surface area contributed by atoms with Crippen molar-refractivity contribution >= 4 is 6.09 Å². The molecule has 0 atom stereocenters. The summed E-state index contributed by atoms with van der Waals surface area (Å²) in [7, 11) is 2.17. The first-order valence-electron chi connectivity index (χ1n) is 10.0. The molecule has 0 saturated carbocycles. The van der Waals surface area contributed by atoms with Crippen LogP contribution >= 0.6 is 0 Å². The maximum Gasteiger partial charge on any atom is 0.434 e. The highest BCUT2D eigenvalue weighted by atomic mass is 16.5. The second-order valence-corrected chi connectivity index (χ2v) is 7.28. The van der Waals surface area contributed by atoms with Gasteiger partial charge in [0.05, 0.1) is 12.3 Å². The van der Waals surface area contributed by atoms with E-state index in [-0.39, 0.29) is 0 Å². The predicted molar refractivity (Wildman–Crippen MR) is 110 cm³/mol. The minimum atomic E-state index is -0.443. The van der Waals surface area contributed by atoms with Crippen molar-refractivity contribution in [2.45, 2.75) is 20.4 Å². The zero-order valence-electron chi connectivity index (χ0n) is 17.1. The number of piperazine rings is 1. The third-order valence-corrected chi connectivity index (χ3v) is 5.16. The summed E-state index contributed by atoms with van der Waals surface area (Å²) in [4.78, 5) is 17.0. The number of aromatic nitrogens is 2. The largest absolute Gasteiger partial charge is 0.448 e. The molecule has 0 bridgehead atoms. The van der Waals surface area contributed by atoms with Crippen LogP contribution in [0.3, 0.4) is 0 Å². The Morgan fingerprint density at radius 3 is 2.68 bits per heavy atom.